The third-order valence-electron chi connectivity index (χ3n) is 9.73. The third kappa shape index (κ3) is 7.97. The molecule has 2 aliphatic rings. The molecule has 268 valence electrons. The number of benzene rings is 2. The molecule has 0 radical (unpaired) electrons. The Morgan fingerprint density at radius 2 is 1.73 bits per heavy atom. The Morgan fingerprint density at radius 1 is 0.961 bits per heavy atom. The van der Waals surface area contributed by atoms with Crippen molar-refractivity contribution in [2.45, 2.75) is 45.3 Å². The van der Waals surface area contributed by atoms with Crippen molar-refractivity contribution >= 4 is 29.3 Å². The number of hydrogen-bond acceptors (Lipinski definition) is 8. The molecular weight excluding hydrogens is 650 g/mol. The number of imidazole rings is 1. The van der Waals surface area contributed by atoms with E-state index in [4.69, 9.17) is 9.47 Å². The van der Waals surface area contributed by atoms with Crippen LogP contribution in [0.15, 0.2) is 73.3 Å². The number of fused-ring (bicyclic) bond motifs is 2. The van der Waals surface area contributed by atoms with Gasteiger partial charge in [-0.05, 0) is 68.7 Å². The van der Waals surface area contributed by atoms with Gasteiger partial charge < -0.3 is 34.3 Å². The minimum Gasteiger partial charge on any atom is -0.493 e. The van der Waals surface area contributed by atoms with Crippen LogP contribution in [0.25, 0.3) is 5.65 Å². The zero-order valence-corrected chi connectivity index (χ0v) is 29.5. The van der Waals surface area contributed by atoms with Gasteiger partial charge in [-0.15, -0.1) is 0 Å². The van der Waals surface area contributed by atoms with E-state index in [0.29, 0.717) is 55.2 Å². The molecule has 0 saturated carbocycles. The molecule has 13 heteroatoms. The topological polar surface area (TPSA) is 147 Å². The Hall–Kier alpha value is -5.46. The summed E-state index contributed by atoms with van der Waals surface area (Å²) >= 11 is 0. The number of ether oxygens (including phenoxy) is 2. The number of carbonyl (C=O) groups excluding carboxylic acids is 4. The van der Waals surface area contributed by atoms with Gasteiger partial charge in [0.05, 0.1) is 25.3 Å². The number of rotatable bonds is 12. The second-order valence-corrected chi connectivity index (χ2v) is 13.5. The second kappa shape index (κ2) is 15.6. The number of methoxy groups -OCH3 is 1. The molecule has 4 heterocycles. The maximum absolute atomic E-state index is 14.2. The number of likely N-dealkylation sites (N-methyl/N-ethyl adjacent to an activating group) is 1. The van der Waals surface area contributed by atoms with Gasteiger partial charge in [0, 0.05) is 57.4 Å². The number of hydrogen-bond donors (Lipinski definition) is 2. The molecule has 13 nitrogen and oxygen atoms in total. The standard InChI is InChI=1S/C38H45N7O6/c1-24(2)51-32-14-13-26(17-33(32)50-4)37(48)44-19-27-20-45(38(49)31-23-43-16-15-40-18-34(43)41-31)22-29(28(27)21-44)35(46)42-30(36(47)39-3)12-8-11-25-9-6-5-7-10-25/h5-7,9-10,13-18,23-24,27-30H,8,11-12,19-22H2,1-4H3,(H,39,47)(H,42,46)/t27?,28?,29?,30-/m0/s1. The summed E-state index contributed by atoms with van der Waals surface area (Å²) in [6, 6.07) is 14.4. The van der Waals surface area contributed by atoms with Crippen LogP contribution in [-0.2, 0) is 16.0 Å². The zero-order valence-electron chi connectivity index (χ0n) is 29.5. The van der Waals surface area contributed by atoms with Gasteiger partial charge in [0.1, 0.15) is 11.7 Å². The first-order valence-corrected chi connectivity index (χ1v) is 17.4. The lowest BCUT2D eigenvalue weighted by Crippen LogP contribution is -2.56. The van der Waals surface area contributed by atoms with Gasteiger partial charge >= 0.3 is 0 Å². The third-order valence-corrected chi connectivity index (χ3v) is 9.73. The molecule has 51 heavy (non-hydrogen) atoms. The molecule has 0 aliphatic carbocycles. The summed E-state index contributed by atoms with van der Waals surface area (Å²) in [5, 5.41) is 5.71. The molecule has 2 fully saturated rings. The Morgan fingerprint density at radius 3 is 2.43 bits per heavy atom. The van der Waals surface area contributed by atoms with Gasteiger partial charge in [-0.2, -0.15) is 0 Å². The second-order valence-electron chi connectivity index (χ2n) is 13.5. The van der Waals surface area contributed by atoms with E-state index in [1.165, 1.54) is 7.11 Å². The monoisotopic (exact) mass is 695 g/mol. The van der Waals surface area contributed by atoms with Crippen LogP contribution >= 0.6 is 0 Å². The van der Waals surface area contributed by atoms with E-state index in [9.17, 15) is 19.2 Å². The van der Waals surface area contributed by atoms with Gasteiger partial charge in [0.15, 0.2) is 17.1 Å². The fraction of sp³-hybridized carbons (Fsp3) is 0.421. The van der Waals surface area contributed by atoms with E-state index in [-0.39, 0.29) is 53.8 Å². The maximum atomic E-state index is 14.2. The van der Waals surface area contributed by atoms with Crippen LogP contribution in [-0.4, -0.2) is 100 Å². The maximum Gasteiger partial charge on any atom is 0.274 e. The van der Waals surface area contributed by atoms with Crippen molar-refractivity contribution in [3.63, 3.8) is 0 Å². The molecule has 2 aromatic carbocycles. The molecule has 4 amide bonds. The fourth-order valence-electron chi connectivity index (χ4n) is 7.20. The Kier molecular flexibility index (Phi) is 10.8. The summed E-state index contributed by atoms with van der Waals surface area (Å²) in [5.41, 5.74) is 2.37. The van der Waals surface area contributed by atoms with E-state index < -0.39 is 12.0 Å². The largest absolute Gasteiger partial charge is 0.493 e. The van der Waals surface area contributed by atoms with Crippen LogP contribution in [0.5, 0.6) is 11.5 Å². The highest BCUT2D eigenvalue weighted by Crippen LogP contribution is 2.38. The van der Waals surface area contributed by atoms with Crippen molar-refractivity contribution in [3.05, 3.63) is 90.1 Å². The van der Waals surface area contributed by atoms with Crippen molar-refractivity contribution in [1.82, 2.24) is 34.8 Å². The highest BCUT2D eigenvalue weighted by Gasteiger charge is 2.48. The predicted molar refractivity (Wildman–Crippen MR) is 189 cm³/mol. The number of nitrogens with one attached hydrogen (secondary N) is 2. The number of nitrogens with zero attached hydrogens (tertiary/aromatic N) is 5. The molecular formula is C38H45N7O6. The fourth-order valence-corrected chi connectivity index (χ4v) is 7.20. The van der Waals surface area contributed by atoms with E-state index in [1.54, 1.807) is 64.2 Å². The molecule has 2 aliphatic heterocycles. The van der Waals surface area contributed by atoms with Crippen molar-refractivity contribution in [2.75, 3.05) is 40.3 Å². The zero-order chi connectivity index (χ0) is 36.1. The number of likely N-dealkylation sites (tertiary alicyclic amines) is 2. The minimum absolute atomic E-state index is 0.0695. The van der Waals surface area contributed by atoms with Crippen LogP contribution in [0.2, 0.25) is 0 Å². The molecule has 0 spiro atoms. The van der Waals surface area contributed by atoms with E-state index in [2.05, 4.69) is 20.6 Å². The van der Waals surface area contributed by atoms with Crippen LogP contribution < -0.4 is 20.1 Å². The van der Waals surface area contributed by atoms with Crippen molar-refractivity contribution in [1.29, 1.82) is 0 Å². The number of aromatic nitrogens is 3. The quantitative estimate of drug-likeness (QED) is 0.230. The van der Waals surface area contributed by atoms with Gasteiger partial charge in [-0.1, -0.05) is 30.3 Å². The van der Waals surface area contributed by atoms with Crippen molar-refractivity contribution < 1.29 is 28.7 Å². The normalized spacial score (nSPS) is 19.0. The Bertz CT molecular complexity index is 1850. The molecule has 4 atom stereocenters. The van der Waals surface area contributed by atoms with Crippen molar-refractivity contribution in [3.8, 4) is 11.5 Å². The van der Waals surface area contributed by atoms with Crippen LogP contribution in [0, 0.1) is 17.8 Å². The molecule has 6 rings (SSSR count). The number of piperidine rings is 1. The minimum atomic E-state index is -0.750. The van der Waals surface area contributed by atoms with Gasteiger partial charge in [-0.3, -0.25) is 24.2 Å². The first-order valence-electron chi connectivity index (χ1n) is 17.4. The van der Waals surface area contributed by atoms with Crippen LogP contribution in [0.3, 0.4) is 0 Å². The summed E-state index contributed by atoms with van der Waals surface area (Å²) in [4.78, 5) is 67.0. The van der Waals surface area contributed by atoms with E-state index in [1.807, 2.05) is 44.2 Å². The molecule has 2 N–H and O–H groups in total. The summed E-state index contributed by atoms with van der Waals surface area (Å²) in [7, 11) is 3.08. The van der Waals surface area contributed by atoms with Crippen molar-refractivity contribution in [2.24, 2.45) is 17.8 Å². The van der Waals surface area contributed by atoms with Crippen LogP contribution in [0.1, 0.15) is 53.1 Å². The van der Waals surface area contributed by atoms with E-state index >= 15 is 0 Å². The lowest BCUT2D eigenvalue weighted by Gasteiger charge is -2.39. The smallest absolute Gasteiger partial charge is 0.274 e. The first kappa shape index (κ1) is 35.4. The van der Waals surface area contributed by atoms with Crippen LogP contribution in [0.4, 0.5) is 0 Å². The summed E-state index contributed by atoms with van der Waals surface area (Å²) in [5.74, 6) is -1.19. The predicted octanol–water partition coefficient (Wildman–Crippen LogP) is 3.24. The molecule has 2 aromatic heterocycles. The highest BCUT2D eigenvalue weighted by atomic mass is 16.5. The average Bonchev–Trinajstić information content (AvgIpc) is 3.78. The lowest BCUT2D eigenvalue weighted by atomic mass is 9.79. The Labute approximate surface area is 297 Å². The molecule has 2 saturated heterocycles. The number of amides is 4. The molecule has 0 bridgehead atoms. The summed E-state index contributed by atoms with van der Waals surface area (Å²) in [6.45, 7) is 4.99. The Balaban J connectivity index is 1.23. The van der Waals surface area contributed by atoms with Gasteiger partial charge in [0.2, 0.25) is 11.8 Å². The first-order chi connectivity index (χ1) is 24.6. The van der Waals surface area contributed by atoms with Gasteiger partial charge in [-0.25, -0.2) is 4.98 Å². The number of aryl methyl sites for hydroxylation is 1. The molecule has 4 aromatic rings. The molecule has 3 unspecified atom stereocenters. The highest BCUT2D eigenvalue weighted by molar-refractivity contribution is 5.96. The summed E-state index contributed by atoms with van der Waals surface area (Å²) in [6.07, 6.45) is 8.40. The SMILES string of the molecule is CNC(=O)[C@H](CCCc1ccccc1)NC(=O)C1CN(C(=O)c2cn3ccncc3n2)CC2CN(C(=O)c3ccc(OC(C)C)c(OC)c3)CC21. The average molecular weight is 696 g/mol. The summed E-state index contributed by atoms with van der Waals surface area (Å²) < 4.78 is 13.1. The lowest BCUT2D eigenvalue weighted by molar-refractivity contribution is -0.133. The van der Waals surface area contributed by atoms with E-state index in [0.717, 1.165) is 12.0 Å². The number of carbonyl (C=O) groups is 4. The van der Waals surface area contributed by atoms with Gasteiger partial charge in [0.25, 0.3) is 11.8 Å².